The molecule has 5 heterocycles. The summed E-state index contributed by atoms with van der Waals surface area (Å²) in [5.41, 5.74) is 7.86. The maximum Gasteiger partial charge on any atom is 0.0659 e. The molecule has 8 bridgehead atoms. The Kier molecular flexibility index (Phi) is 8.68. The largest absolute Gasteiger partial charge is 0.355 e. The van der Waals surface area contributed by atoms with E-state index in [2.05, 4.69) is 114 Å². The molecule has 4 aromatic rings. The molecular weight excluding hydrogens is 744 g/mol. The third-order valence-corrected chi connectivity index (χ3v) is 9.60. The number of nitrogens with one attached hydrogen (secondary N) is 2. The summed E-state index contributed by atoms with van der Waals surface area (Å²) >= 11 is 13.6. The summed E-state index contributed by atoms with van der Waals surface area (Å²) in [6, 6.07) is 20.3. The number of halogens is 4. The second kappa shape index (κ2) is 11.5. The fraction of sp³-hybridized carbons (Fsp3) is 0. The first-order valence-corrected chi connectivity index (χ1v) is 13.4. The second-order valence-corrected chi connectivity index (χ2v) is 10.9. The minimum Gasteiger partial charge on any atom is -0.355 e. The van der Waals surface area contributed by atoms with Crippen molar-refractivity contribution in [2.75, 3.05) is 0 Å². The zero-order valence-corrected chi connectivity index (χ0v) is 25.3. The molecular formula is C26H16Br4FeN4. The SMILES string of the molecule is Brc1ccc(Br)c(Br)c1Br.C1=Cc2cc3ccc(cc4ccc(cc5nc(cc1n2)C=C5)[nH]4)[nH]3.[Fe]. The Morgan fingerprint density at radius 2 is 0.800 bits per heavy atom. The van der Waals surface area contributed by atoms with Crippen LogP contribution < -0.4 is 0 Å². The Hall–Kier alpha value is -1.74. The van der Waals surface area contributed by atoms with Crippen LogP contribution in [0.2, 0.25) is 0 Å². The molecule has 4 nitrogen and oxygen atoms in total. The Labute approximate surface area is 246 Å². The molecule has 0 radical (unpaired) electrons. The van der Waals surface area contributed by atoms with E-state index in [1.165, 1.54) is 0 Å². The molecule has 35 heavy (non-hydrogen) atoms. The van der Waals surface area contributed by atoms with Gasteiger partial charge in [-0.15, -0.1) is 0 Å². The standard InChI is InChI=1S/C20H14N4.C6H2Br4.Fe/c1-2-14-10-16-5-6-18(23-16)12-20-8-7-19(24-20)11-17-4-3-15(22-17)9-13(1)21-14;7-3-1-2-4(8)6(10)5(3)9;/h1-12,21-22H;1-2H;. The first kappa shape index (κ1) is 26.3. The van der Waals surface area contributed by atoms with Gasteiger partial charge >= 0.3 is 0 Å². The Balaban J connectivity index is 0.000000224. The van der Waals surface area contributed by atoms with Crippen molar-refractivity contribution < 1.29 is 17.1 Å². The fourth-order valence-electron chi connectivity index (χ4n) is 3.45. The van der Waals surface area contributed by atoms with Crippen molar-refractivity contribution in [1.29, 1.82) is 0 Å². The zero-order chi connectivity index (χ0) is 23.7. The minimum absolute atomic E-state index is 0. The number of fused-ring (bicyclic) bond motifs is 8. The molecule has 0 atom stereocenters. The van der Waals surface area contributed by atoms with E-state index < -0.39 is 0 Å². The van der Waals surface area contributed by atoms with E-state index in [4.69, 9.17) is 0 Å². The Morgan fingerprint density at radius 1 is 0.457 bits per heavy atom. The molecule has 3 aromatic heterocycles. The molecule has 9 heteroatoms. The number of H-pyrrole nitrogens is 2. The van der Waals surface area contributed by atoms with Crippen LogP contribution in [-0.2, 0) is 17.1 Å². The van der Waals surface area contributed by atoms with E-state index in [9.17, 15) is 0 Å². The average Bonchev–Trinajstić information content (AvgIpc) is 3.61. The molecule has 1 aromatic carbocycles. The van der Waals surface area contributed by atoms with E-state index in [1.807, 2.05) is 54.6 Å². The number of rotatable bonds is 0. The van der Waals surface area contributed by atoms with Gasteiger partial charge in [0.15, 0.2) is 0 Å². The van der Waals surface area contributed by atoms with Gasteiger partial charge in [-0.1, -0.05) is 0 Å². The predicted octanol–water partition coefficient (Wildman–Crippen LogP) is 9.39. The fourth-order valence-corrected chi connectivity index (χ4v) is 5.33. The number of aromatic nitrogens is 4. The molecule has 0 fully saturated rings. The minimum atomic E-state index is 0. The predicted molar refractivity (Wildman–Crippen MR) is 156 cm³/mol. The monoisotopic (exact) mass is 756 g/mol. The second-order valence-electron chi connectivity index (χ2n) is 7.56. The zero-order valence-electron chi connectivity index (χ0n) is 17.8. The molecule has 0 spiro atoms. The topological polar surface area (TPSA) is 57.4 Å². The Bertz CT molecular complexity index is 1500. The van der Waals surface area contributed by atoms with Gasteiger partial charge in [-0.3, -0.25) is 0 Å². The summed E-state index contributed by atoms with van der Waals surface area (Å²) in [6.45, 7) is 0. The maximum atomic E-state index is 4.62. The van der Waals surface area contributed by atoms with Gasteiger partial charge in [0.25, 0.3) is 0 Å². The molecule has 0 saturated heterocycles. The van der Waals surface area contributed by atoms with Crippen LogP contribution in [0.15, 0.2) is 78.6 Å². The van der Waals surface area contributed by atoms with E-state index in [1.54, 1.807) is 0 Å². The van der Waals surface area contributed by atoms with Gasteiger partial charge in [0.2, 0.25) is 0 Å². The van der Waals surface area contributed by atoms with Crippen molar-refractivity contribution in [2.24, 2.45) is 0 Å². The van der Waals surface area contributed by atoms with Gasteiger partial charge in [-0.2, -0.15) is 0 Å². The Morgan fingerprint density at radius 3 is 1.20 bits per heavy atom. The van der Waals surface area contributed by atoms with Crippen molar-refractivity contribution in [3.05, 3.63) is 101 Å². The molecule has 6 rings (SSSR count). The third-order valence-electron chi connectivity index (χ3n) is 5.03. The van der Waals surface area contributed by atoms with E-state index in [-0.39, 0.29) is 17.1 Å². The quantitative estimate of drug-likeness (QED) is 0.0922. The number of hydrogen-bond acceptors (Lipinski definition) is 2. The summed E-state index contributed by atoms with van der Waals surface area (Å²) in [6.07, 6.45) is 8.05. The van der Waals surface area contributed by atoms with Crippen molar-refractivity contribution >= 4 is 110 Å². The number of benzene rings is 1. The molecule has 2 aliphatic rings. The number of hydrogen-bond donors (Lipinski definition) is 2. The summed E-state index contributed by atoms with van der Waals surface area (Å²) < 4.78 is 4.15. The number of aromatic amines is 2. The van der Waals surface area contributed by atoms with Crippen molar-refractivity contribution in [1.82, 2.24) is 19.9 Å². The maximum absolute atomic E-state index is 4.62. The van der Waals surface area contributed by atoms with Crippen LogP contribution in [0.3, 0.4) is 0 Å². The van der Waals surface area contributed by atoms with Gasteiger partial charge in [0.05, 0.1) is 22.8 Å². The molecule has 0 amide bonds. The summed E-state index contributed by atoms with van der Waals surface area (Å²) in [5, 5.41) is 0. The average molecular weight is 760 g/mol. The van der Waals surface area contributed by atoms with E-state index >= 15 is 0 Å². The summed E-state index contributed by atoms with van der Waals surface area (Å²) in [5.74, 6) is 0. The first-order valence-electron chi connectivity index (χ1n) is 10.3. The number of nitrogens with zero attached hydrogens (tertiary/aromatic N) is 2. The van der Waals surface area contributed by atoms with Crippen LogP contribution in [0, 0.1) is 0 Å². The van der Waals surface area contributed by atoms with Crippen molar-refractivity contribution in [3.63, 3.8) is 0 Å². The third kappa shape index (κ3) is 6.53. The van der Waals surface area contributed by atoms with Crippen LogP contribution in [0.25, 0.3) is 46.4 Å². The van der Waals surface area contributed by atoms with Crippen molar-refractivity contribution in [3.8, 4) is 0 Å². The molecule has 2 N–H and O–H groups in total. The van der Waals surface area contributed by atoms with Crippen LogP contribution in [-0.4, -0.2) is 19.9 Å². The summed E-state index contributed by atoms with van der Waals surface area (Å²) in [4.78, 5) is 16.0. The normalized spacial score (nSPS) is 11.5. The van der Waals surface area contributed by atoms with Gasteiger partial charge < -0.3 is 9.97 Å². The molecule has 0 saturated carbocycles. The van der Waals surface area contributed by atoms with Gasteiger partial charge in [-0.25, -0.2) is 9.97 Å². The molecule has 0 unspecified atom stereocenters. The van der Waals surface area contributed by atoms with Crippen LogP contribution in [0.1, 0.15) is 22.8 Å². The molecule has 2 aliphatic heterocycles. The van der Waals surface area contributed by atoms with Crippen LogP contribution in [0.5, 0.6) is 0 Å². The molecule has 176 valence electrons. The molecule has 0 aliphatic carbocycles. The van der Waals surface area contributed by atoms with Crippen LogP contribution >= 0.6 is 63.7 Å². The van der Waals surface area contributed by atoms with E-state index in [0.29, 0.717) is 0 Å². The van der Waals surface area contributed by atoms with E-state index in [0.717, 1.165) is 62.7 Å². The van der Waals surface area contributed by atoms with Crippen molar-refractivity contribution in [2.45, 2.75) is 0 Å². The van der Waals surface area contributed by atoms with Gasteiger partial charge in [0, 0.05) is 57.0 Å². The van der Waals surface area contributed by atoms with Gasteiger partial charge in [-0.05, 0) is 149 Å². The smallest absolute Gasteiger partial charge is 0.0659 e. The summed E-state index contributed by atoms with van der Waals surface area (Å²) in [7, 11) is 0. The first-order chi connectivity index (χ1) is 16.4. The van der Waals surface area contributed by atoms with Crippen LogP contribution in [0.4, 0.5) is 0 Å². The van der Waals surface area contributed by atoms with Gasteiger partial charge in [0.1, 0.15) is 0 Å².